The van der Waals surface area contributed by atoms with Crippen molar-refractivity contribution in [3.63, 3.8) is 0 Å². The van der Waals surface area contributed by atoms with Crippen LogP contribution in [0.1, 0.15) is 34.9 Å². The van der Waals surface area contributed by atoms with E-state index in [2.05, 4.69) is 17.4 Å². The van der Waals surface area contributed by atoms with Crippen LogP contribution in [0.4, 0.5) is 0 Å². The van der Waals surface area contributed by atoms with Gasteiger partial charge in [-0.15, -0.1) is 11.3 Å². The van der Waals surface area contributed by atoms with Gasteiger partial charge in [0, 0.05) is 17.5 Å². The Labute approximate surface area is 128 Å². The largest absolute Gasteiger partial charge is 0.508 e. The van der Waals surface area contributed by atoms with Crippen LogP contribution >= 0.6 is 22.9 Å². The predicted molar refractivity (Wildman–Crippen MR) is 84.8 cm³/mol. The molecule has 0 aliphatic heterocycles. The smallest absolute Gasteiger partial charge is 0.115 e. The molecule has 3 rings (SSSR count). The number of nitrogens with one attached hydrogen (secondary N) is 1. The first-order valence-electron chi connectivity index (χ1n) is 7.02. The number of fused-ring (bicyclic) bond motifs is 1. The van der Waals surface area contributed by atoms with Crippen molar-refractivity contribution in [3.8, 4) is 5.75 Å². The van der Waals surface area contributed by atoms with Crippen LogP contribution in [0.2, 0.25) is 4.34 Å². The fourth-order valence-corrected chi connectivity index (χ4v) is 3.94. The number of rotatable bonds is 4. The zero-order valence-electron chi connectivity index (χ0n) is 11.2. The molecule has 0 spiro atoms. The second kappa shape index (κ2) is 6.17. The summed E-state index contributed by atoms with van der Waals surface area (Å²) in [6, 6.07) is 10.2. The summed E-state index contributed by atoms with van der Waals surface area (Å²) in [5, 5.41) is 13.3. The molecule has 1 aromatic carbocycles. The van der Waals surface area contributed by atoms with E-state index in [1.807, 2.05) is 12.1 Å². The highest BCUT2D eigenvalue weighted by atomic mass is 35.5. The van der Waals surface area contributed by atoms with Crippen molar-refractivity contribution in [2.45, 2.75) is 31.7 Å². The van der Waals surface area contributed by atoms with Crippen LogP contribution in [0, 0.1) is 0 Å². The number of phenolic OH excluding ortho intramolecular Hbond substituents is 1. The Balaban J connectivity index is 1.63. The third kappa shape index (κ3) is 3.17. The van der Waals surface area contributed by atoms with Gasteiger partial charge in [-0.2, -0.15) is 0 Å². The Morgan fingerprint density at radius 3 is 3.00 bits per heavy atom. The molecule has 0 bridgehead atoms. The summed E-state index contributed by atoms with van der Waals surface area (Å²) in [7, 11) is 0. The second-order valence-corrected chi connectivity index (χ2v) is 7.04. The van der Waals surface area contributed by atoms with Gasteiger partial charge in [0.05, 0.1) is 4.34 Å². The monoisotopic (exact) mass is 307 g/mol. The van der Waals surface area contributed by atoms with Gasteiger partial charge >= 0.3 is 0 Å². The normalized spacial score (nSPS) is 17.9. The number of phenols is 1. The summed E-state index contributed by atoms with van der Waals surface area (Å²) < 4.78 is 0.855. The third-order valence-corrected chi connectivity index (χ3v) is 5.13. The third-order valence-electron chi connectivity index (χ3n) is 3.83. The van der Waals surface area contributed by atoms with Gasteiger partial charge < -0.3 is 10.4 Å². The van der Waals surface area contributed by atoms with E-state index < -0.39 is 0 Å². The highest BCUT2D eigenvalue weighted by Gasteiger charge is 2.19. The van der Waals surface area contributed by atoms with E-state index in [-0.39, 0.29) is 0 Å². The zero-order valence-corrected chi connectivity index (χ0v) is 12.8. The maximum absolute atomic E-state index is 9.67. The molecule has 1 aromatic heterocycles. The number of hydrogen-bond donors (Lipinski definition) is 2. The van der Waals surface area contributed by atoms with Crippen LogP contribution in [0.5, 0.6) is 5.75 Å². The number of aromatic hydroxyl groups is 1. The molecule has 0 saturated heterocycles. The molecule has 4 heteroatoms. The fraction of sp³-hybridized carbons (Fsp3) is 0.375. The molecule has 1 aliphatic rings. The average molecular weight is 308 g/mol. The van der Waals surface area contributed by atoms with Crippen molar-refractivity contribution in [2.75, 3.05) is 6.54 Å². The summed E-state index contributed by atoms with van der Waals surface area (Å²) >= 11 is 7.59. The molecule has 20 heavy (non-hydrogen) atoms. The SMILES string of the molecule is Oc1ccc2c(c1)C(NCCc1ccc(Cl)s1)CCC2. The minimum Gasteiger partial charge on any atom is -0.508 e. The Hall–Kier alpha value is -1.03. The van der Waals surface area contributed by atoms with Crippen LogP contribution in [0.15, 0.2) is 30.3 Å². The van der Waals surface area contributed by atoms with Crippen molar-refractivity contribution in [1.29, 1.82) is 0 Å². The number of hydrogen-bond acceptors (Lipinski definition) is 3. The summed E-state index contributed by atoms with van der Waals surface area (Å²) in [4.78, 5) is 1.31. The molecule has 1 heterocycles. The quantitative estimate of drug-likeness (QED) is 0.882. The predicted octanol–water partition coefficient (Wildman–Crippen LogP) is 4.32. The number of aryl methyl sites for hydroxylation is 1. The van der Waals surface area contributed by atoms with Crippen LogP contribution in [0.3, 0.4) is 0 Å². The van der Waals surface area contributed by atoms with E-state index in [1.165, 1.54) is 22.4 Å². The van der Waals surface area contributed by atoms with E-state index in [4.69, 9.17) is 11.6 Å². The van der Waals surface area contributed by atoms with Crippen molar-refractivity contribution in [1.82, 2.24) is 5.32 Å². The van der Waals surface area contributed by atoms with E-state index in [9.17, 15) is 5.11 Å². The van der Waals surface area contributed by atoms with Gasteiger partial charge in [0.2, 0.25) is 0 Å². The molecular weight excluding hydrogens is 290 g/mol. The Morgan fingerprint density at radius 1 is 1.30 bits per heavy atom. The van der Waals surface area contributed by atoms with Gasteiger partial charge in [0.25, 0.3) is 0 Å². The first-order chi connectivity index (χ1) is 9.72. The molecular formula is C16H18ClNOS. The lowest BCUT2D eigenvalue weighted by molar-refractivity contribution is 0.448. The summed E-state index contributed by atoms with van der Waals surface area (Å²) in [5.41, 5.74) is 2.63. The first kappa shape index (κ1) is 13.9. The number of thiophene rings is 1. The molecule has 0 saturated carbocycles. The molecule has 0 fully saturated rings. The van der Waals surface area contributed by atoms with Crippen LogP contribution < -0.4 is 5.32 Å². The minimum absolute atomic E-state index is 0.362. The van der Waals surface area contributed by atoms with Crippen molar-refractivity contribution >= 4 is 22.9 Å². The molecule has 1 aliphatic carbocycles. The average Bonchev–Trinajstić information content (AvgIpc) is 2.85. The van der Waals surface area contributed by atoms with Crippen LogP contribution in [0.25, 0.3) is 0 Å². The van der Waals surface area contributed by atoms with E-state index >= 15 is 0 Å². The summed E-state index contributed by atoms with van der Waals surface area (Å²) in [6.45, 7) is 0.941. The van der Waals surface area contributed by atoms with Gasteiger partial charge in [-0.05, 0) is 61.1 Å². The fourth-order valence-electron chi connectivity index (χ4n) is 2.85. The van der Waals surface area contributed by atoms with Gasteiger partial charge in [-0.25, -0.2) is 0 Å². The molecule has 2 aromatic rings. The van der Waals surface area contributed by atoms with Crippen molar-refractivity contribution in [3.05, 3.63) is 50.7 Å². The molecule has 0 amide bonds. The lowest BCUT2D eigenvalue weighted by Gasteiger charge is -2.26. The van der Waals surface area contributed by atoms with E-state index in [0.29, 0.717) is 11.8 Å². The highest BCUT2D eigenvalue weighted by Crippen LogP contribution is 2.32. The van der Waals surface area contributed by atoms with Crippen molar-refractivity contribution in [2.24, 2.45) is 0 Å². The maximum atomic E-state index is 9.67. The molecule has 2 N–H and O–H groups in total. The first-order valence-corrected chi connectivity index (χ1v) is 8.21. The van der Waals surface area contributed by atoms with Gasteiger partial charge in [0.1, 0.15) is 5.75 Å². The van der Waals surface area contributed by atoms with Crippen molar-refractivity contribution < 1.29 is 5.11 Å². The topological polar surface area (TPSA) is 32.3 Å². The van der Waals surface area contributed by atoms with Crippen LogP contribution in [-0.2, 0) is 12.8 Å². The minimum atomic E-state index is 0.362. The van der Waals surface area contributed by atoms with E-state index in [0.717, 1.165) is 30.1 Å². The van der Waals surface area contributed by atoms with Gasteiger partial charge in [0.15, 0.2) is 0 Å². The van der Waals surface area contributed by atoms with E-state index in [1.54, 1.807) is 17.4 Å². The molecule has 1 atom stereocenters. The zero-order chi connectivity index (χ0) is 13.9. The number of halogens is 1. The number of benzene rings is 1. The second-order valence-electron chi connectivity index (χ2n) is 5.24. The molecule has 106 valence electrons. The highest BCUT2D eigenvalue weighted by molar-refractivity contribution is 7.16. The summed E-state index contributed by atoms with van der Waals surface area (Å²) in [5.74, 6) is 0.363. The Kier molecular flexibility index (Phi) is 4.29. The lowest BCUT2D eigenvalue weighted by atomic mass is 9.87. The molecule has 2 nitrogen and oxygen atoms in total. The summed E-state index contributed by atoms with van der Waals surface area (Å²) in [6.07, 6.45) is 4.47. The van der Waals surface area contributed by atoms with Gasteiger partial charge in [-0.1, -0.05) is 17.7 Å². The molecule has 0 radical (unpaired) electrons. The maximum Gasteiger partial charge on any atom is 0.115 e. The standard InChI is InChI=1S/C16H18ClNOS/c17-16-7-6-13(20-16)8-9-18-15-3-1-2-11-4-5-12(19)10-14(11)15/h4-7,10,15,18-19H,1-3,8-9H2. The Morgan fingerprint density at radius 2 is 2.20 bits per heavy atom. The van der Waals surface area contributed by atoms with Gasteiger partial charge in [-0.3, -0.25) is 0 Å². The lowest BCUT2D eigenvalue weighted by Crippen LogP contribution is -2.26. The van der Waals surface area contributed by atoms with Crippen LogP contribution in [-0.4, -0.2) is 11.7 Å². The molecule has 1 unspecified atom stereocenters. The Bertz CT molecular complexity index is 596.